The second-order valence-corrected chi connectivity index (χ2v) is 5.60. The summed E-state index contributed by atoms with van der Waals surface area (Å²) in [4.78, 5) is 19.2. The van der Waals surface area contributed by atoms with Gasteiger partial charge in [0.2, 0.25) is 0 Å². The van der Waals surface area contributed by atoms with Gasteiger partial charge in [-0.25, -0.2) is 4.98 Å². The minimum atomic E-state index is -0.0990. The zero-order chi connectivity index (χ0) is 14.7. The van der Waals surface area contributed by atoms with Gasteiger partial charge in [0.05, 0.1) is 17.0 Å². The summed E-state index contributed by atoms with van der Waals surface area (Å²) in [5.74, 6) is 0.606. The third-order valence-corrected chi connectivity index (χ3v) is 4.20. The van der Waals surface area contributed by atoms with Gasteiger partial charge in [0, 0.05) is 6.04 Å². The van der Waals surface area contributed by atoms with Gasteiger partial charge in [-0.15, -0.1) is 0 Å². The summed E-state index contributed by atoms with van der Waals surface area (Å²) in [7, 11) is 2.01. The highest BCUT2D eigenvalue weighted by Crippen LogP contribution is 2.21. The van der Waals surface area contributed by atoms with Crippen molar-refractivity contribution in [2.45, 2.75) is 44.4 Å². The van der Waals surface area contributed by atoms with Crippen LogP contribution in [0.25, 0.3) is 10.9 Å². The number of aromatic amines is 1. The number of hydrogen-bond donors (Lipinski definition) is 2. The maximum atomic E-state index is 12.0. The van der Waals surface area contributed by atoms with E-state index in [9.17, 15) is 4.79 Å². The fraction of sp³-hybridized carbons (Fsp3) is 0.500. The highest BCUT2D eigenvalue weighted by molar-refractivity contribution is 5.77. The van der Waals surface area contributed by atoms with Crippen LogP contribution in [0.3, 0.4) is 0 Å². The van der Waals surface area contributed by atoms with E-state index in [-0.39, 0.29) is 11.7 Å². The van der Waals surface area contributed by atoms with Gasteiger partial charge in [-0.05, 0) is 44.9 Å². The third kappa shape index (κ3) is 3.31. The summed E-state index contributed by atoms with van der Waals surface area (Å²) in [5, 5.41) is 3.93. The first kappa shape index (κ1) is 14.2. The van der Waals surface area contributed by atoms with E-state index in [1.165, 1.54) is 0 Å². The van der Waals surface area contributed by atoms with Gasteiger partial charge in [-0.2, -0.15) is 0 Å². The number of fused-ring (bicyclic) bond motifs is 1. The average Bonchev–Trinajstić information content (AvgIpc) is 2.53. The normalized spacial score (nSPS) is 22.5. The van der Waals surface area contributed by atoms with Gasteiger partial charge in [0.1, 0.15) is 12.4 Å². The second kappa shape index (κ2) is 6.37. The molecule has 1 heterocycles. The molecule has 0 amide bonds. The van der Waals surface area contributed by atoms with E-state index in [0.717, 1.165) is 31.2 Å². The Bertz CT molecular complexity index is 660. The molecule has 3 rings (SSSR count). The molecule has 0 saturated heterocycles. The topological polar surface area (TPSA) is 67.0 Å². The van der Waals surface area contributed by atoms with Crippen molar-refractivity contribution >= 4 is 10.9 Å². The fourth-order valence-electron chi connectivity index (χ4n) is 2.92. The SMILES string of the molecule is CNC1CCC(OCc2nc3ccccc3c(=O)[nH]2)CC1. The lowest BCUT2D eigenvalue weighted by Gasteiger charge is -2.28. The molecule has 0 bridgehead atoms. The molecular formula is C16H21N3O2. The lowest BCUT2D eigenvalue weighted by Crippen LogP contribution is -2.33. The smallest absolute Gasteiger partial charge is 0.258 e. The van der Waals surface area contributed by atoms with E-state index < -0.39 is 0 Å². The van der Waals surface area contributed by atoms with Crippen LogP contribution in [0, 0.1) is 0 Å². The summed E-state index contributed by atoms with van der Waals surface area (Å²) in [6.07, 6.45) is 4.67. The maximum absolute atomic E-state index is 12.0. The Balaban J connectivity index is 1.65. The highest BCUT2D eigenvalue weighted by atomic mass is 16.5. The number of H-pyrrole nitrogens is 1. The first-order valence-corrected chi connectivity index (χ1v) is 7.53. The lowest BCUT2D eigenvalue weighted by atomic mass is 9.93. The number of nitrogens with one attached hydrogen (secondary N) is 2. The van der Waals surface area contributed by atoms with E-state index in [1.807, 2.05) is 25.2 Å². The van der Waals surface area contributed by atoms with Crippen molar-refractivity contribution in [1.29, 1.82) is 0 Å². The van der Waals surface area contributed by atoms with Gasteiger partial charge >= 0.3 is 0 Å². The van der Waals surface area contributed by atoms with Crippen LogP contribution >= 0.6 is 0 Å². The Morgan fingerprint density at radius 3 is 2.81 bits per heavy atom. The first-order valence-electron chi connectivity index (χ1n) is 7.53. The van der Waals surface area contributed by atoms with Crippen LogP contribution in [-0.2, 0) is 11.3 Å². The van der Waals surface area contributed by atoms with Gasteiger partial charge in [-0.1, -0.05) is 12.1 Å². The minimum absolute atomic E-state index is 0.0990. The van der Waals surface area contributed by atoms with Gasteiger partial charge < -0.3 is 15.0 Å². The third-order valence-electron chi connectivity index (χ3n) is 4.20. The largest absolute Gasteiger partial charge is 0.370 e. The van der Waals surface area contributed by atoms with Crippen molar-refractivity contribution in [2.24, 2.45) is 0 Å². The number of hydrogen-bond acceptors (Lipinski definition) is 4. The number of ether oxygens (including phenoxy) is 1. The minimum Gasteiger partial charge on any atom is -0.370 e. The molecule has 1 fully saturated rings. The van der Waals surface area contributed by atoms with Crippen molar-refractivity contribution < 1.29 is 4.74 Å². The van der Waals surface area contributed by atoms with Crippen molar-refractivity contribution in [3.05, 3.63) is 40.4 Å². The van der Waals surface area contributed by atoms with Crippen molar-refractivity contribution in [3.8, 4) is 0 Å². The molecule has 21 heavy (non-hydrogen) atoms. The Kier molecular flexibility index (Phi) is 4.31. The van der Waals surface area contributed by atoms with Crippen LogP contribution in [0.1, 0.15) is 31.5 Å². The van der Waals surface area contributed by atoms with Gasteiger partial charge in [0.25, 0.3) is 5.56 Å². The van der Waals surface area contributed by atoms with E-state index in [0.29, 0.717) is 23.9 Å². The lowest BCUT2D eigenvalue weighted by molar-refractivity contribution is 0.00870. The van der Waals surface area contributed by atoms with Crippen LogP contribution in [-0.4, -0.2) is 29.2 Å². The van der Waals surface area contributed by atoms with Gasteiger partial charge in [-0.3, -0.25) is 4.79 Å². The average molecular weight is 287 g/mol. The molecule has 1 aromatic carbocycles. The van der Waals surface area contributed by atoms with Crippen LogP contribution in [0.15, 0.2) is 29.1 Å². The number of nitrogens with zero attached hydrogens (tertiary/aromatic N) is 1. The zero-order valence-electron chi connectivity index (χ0n) is 12.3. The molecule has 2 N–H and O–H groups in total. The molecule has 0 atom stereocenters. The molecule has 1 aromatic heterocycles. The van der Waals surface area contributed by atoms with E-state index >= 15 is 0 Å². The molecular weight excluding hydrogens is 266 g/mol. The number of benzene rings is 1. The maximum Gasteiger partial charge on any atom is 0.258 e. The molecule has 1 saturated carbocycles. The predicted octanol–water partition coefficient (Wildman–Crippen LogP) is 1.97. The Morgan fingerprint density at radius 2 is 2.05 bits per heavy atom. The standard InChI is InChI=1S/C16H21N3O2/c1-17-11-6-8-12(9-7-11)21-10-15-18-14-5-3-2-4-13(14)16(20)19-15/h2-5,11-12,17H,6-10H2,1H3,(H,18,19,20). The van der Waals surface area contributed by atoms with Crippen molar-refractivity contribution in [1.82, 2.24) is 15.3 Å². The van der Waals surface area contributed by atoms with Crippen LogP contribution in [0.4, 0.5) is 0 Å². The van der Waals surface area contributed by atoms with E-state index in [4.69, 9.17) is 4.74 Å². The molecule has 0 unspecified atom stereocenters. The Hall–Kier alpha value is -1.72. The molecule has 1 aliphatic carbocycles. The molecule has 112 valence electrons. The molecule has 5 heteroatoms. The molecule has 0 radical (unpaired) electrons. The molecule has 2 aromatic rings. The summed E-state index contributed by atoms with van der Waals surface area (Å²) < 4.78 is 5.91. The summed E-state index contributed by atoms with van der Waals surface area (Å²) in [6.45, 7) is 0.370. The number of para-hydroxylation sites is 1. The summed E-state index contributed by atoms with van der Waals surface area (Å²) >= 11 is 0. The molecule has 5 nitrogen and oxygen atoms in total. The first-order chi connectivity index (χ1) is 10.3. The Morgan fingerprint density at radius 1 is 1.29 bits per heavy atom. The number of rotatable bonds is 4. The fourth-order valence-corrected chi connectivity index (χ4v) is 2.92. The van der Waals surface area contributed by atoms with Crippen LogP contribution in [0.2, 0.25) is 0 Å². The molecule has 1 aliphatic rings. The quantitative estimate of drug-likeness (QED) is 0.902. The van der Waals surface area contributed by atoms with Crippen LogP contribution in [0.5, 0.6) is 0 Å². The summed E-state index contributed by atoms with van der Waals surface area (Å²) in [6, 6.07) is 7.98. The second-order valence-electron chi connectivity index (χ2n) is 5.60. The molecule has 0 aliphatic heterocycles. The Labute approximate surface area is 123 Å². The summed E-state index contributed by atoms with van der Waals surface area (Å²) in [5.41, 5.74) is 0.622. The number of aromatic nitrogens is 2. The van der Waals surface area contributed by atoms with E-state index in [1.54, 1.807) is 6.07 Å². The zero-order valence-corrected chi connectivity index (χ0v) is 12.3. The molecule has 0 spiro atoms. The van der Waals surface area contributed by atoms with Crippen molar-refractivity contribution in [3.63, 3.8) is 0 Å². The van der Waals surface area contributed by atoms with Crippen LogP contribution < -0.4 is 10.9 Å². The predicted molar refractivity (Wildman–Crippen MR) is 82.3 cm³/mol. The van der Waals surface area contributed by atoms with Crippen molar-refractivity contribution in [2.75, 3.05) is 7.05 Å². The highest BCUT2D eigenvalue weighted by Gasteiger charge is 2.20. The van der Waals surface area contributed by atoms with E-state index in [2.05, 4.69) is 15.3 Å². The monoisotopic (exact) mass is 287 g/mol. The van der Waals surface area contributed by atoms with Gasteiger partial charge in [0.15, 0.2) is 0 Å².